The molecule has 0 saturated carbocycles. The molecule has 1 aromatic carbocycles. The first-order valence-corrected chi connectivity index (χ1v) is 5.93. The molecule has 0 spiro atoms. The number of carbonyl (C=O) groups is 1. The Morgan fingerprint density at radius 2 is 2.11 bits per heavy atom. The van der Waals surface area contributed by atoms with Crippen LogP contribution in [0.15, 0.2) is 24.3 Å². The Balaban J connectivity index is 2.73. The molecule has 0 radical (unpaired) electrons. The maximum atomic E-state index is 11.4. The van der Waals surface area contributed by atoms with Gasteiger partial charge in [-0.15, -0.1) is 0 Å². The molecule has 0 fully saturated rings. The van der Waals surface area contributed by atoms with E-state index in [1.807, 2.05) is 31.2 Å². The number of para-hydroxylation sites is 2. The van der Waals surface area contributed by atoms with Gasteiger partial charge < -0.3 is 10.4 Å². The molecular weight excluding hydrogens is 230 g/mol. The van der Waals surface area contributed by atoms with E-state index in [1.165, 1.54) is 0 Å². The van der Waals surface area contributed by atoms with Crippen LogP contribution in [0.5, 0.6) is 0 Å². The van der Waals surface area contributed by atoms with E-state index in [9.17, 15) is 9.90 Å². The molecule has 5 heteroatoms. The molecule has 2 aromatic rings. The molecule has 0 bridgehead atoms. The van der Waals surface area contributed by atoms with Crippen LogP contribution in [0, 0.1) is 0 Å². The van der Waals surface area contributed by atoms with Crippen LogP contribution in [0.25, 0.3) is 11.0 Å². The van der Waals surface area contributed by atoms with Gasteiger partial charge in [0.1, 0.15) is 5.54 Å². The predicted molar refractivity (Wildman–Crippen MR) is 70.9 cm³/mol. The zero-order valence-electron chi connectivity index (χ0n) is 10.8. The second kappa shape index (κ2) is 4.33. The quantitative estimate of drug-likeness (QED) is 0.869. The zero-order chi connectivity index (χ0) is 13.3. The summed E-state index contributed by atoms with van der Waals surface area (Å²) in [4.78, 5) is 15.9. The van der Waals surface area contributed by atoms with E-state index in [2.05, 4.69) is 10.3 Å². The van der Waals surface area contributed by atoms with Crippen LogP contribution in [0.1, 0.15) is 20.8 Å². The number of nitrogens with one attached hydrogen (secondary N) is 1. The van der Waals surface area contributed by atoms with Crippen molar-refractivity contribution in [2.24, 2.45) is 0 Å². The van der Waals surface area contributed by atoms with Gasteiger partial charge in [-0.25, -0.2) is 9.78 Å². The molecule has 2 rings (SSSR count). The van der Waals surface area contributed by atoms with E-state index in [1.54, 1.807) is 18.4 Å². The van der Waals surface area contributed by atoms with Crippen LogP contribution in [0.3, 0.4) is 0 Å². The van der Waals surface area contributed by atoms with Crippen LogP contribution >= 0.6 is 0 Å². The smallest absolute Gasteiger partial charge is 0.329 e. The van der Waals surface area contributed by atoms with Crippen molar-refractivity contribution in [1.82, 2.24) is 9.55 Å². The second-order valence-corrected chi connectivity index (χ2v) is 4.65. The van der Waals surface area contributed by atoms with Gasteiger partial charge in [-0.05, 0) is 32.9 Å². The molecule has 2 N–H and O–H groups in total. The summed E-state index contributed by atoms with van der Waals surface area (Å²) in [5, 5.41) is 12.5. The number of aliphatic carboxylic acids is 1. The number of carboxylic acids is 1. The number of benzene rings is 1. The monoisotopic (exact) mass is 247 g/mol. The molecule has 18 heavy (non-hydrogen) atoms. The fourth-order valence-corrected chi connectivity index (χ4v) is 1.96. The second-order valence-electron chi connectivity index (χ2n) is 4.65. The minimum atomic E-state index is -1.05. The lowest BCUT2D eigenvalue weighted by atomic mass is 10.1. The third kappa shape index (κ3) is 1.81. The fraction of sp³-hybridized carbons (Fsp3) is 0.385. The van der Waals surface area contributed by atoms with Gasteiger partial charge in [0.05, 0.1) is 11.0 Å². The highest BCUT2D eigenvalue weighted by Gasteiger charge is 2.33. The zero-order valence-corrected chi connectivity index (χ0v) is 10.8. The number of imidazole rings is 1. The van der Waals surface area contributed by atoms with Gasteiger partial charge in [0.25, 0.3) is 0 Å². The molecule has 0 aliphatic carbocycles. The molecule has 1 aromatic heterocycles. The van der Waals surface area contributed by atoms with Gasteiger partial charge in [-0.2, -0.15) is 0 Å². The Labute approximate surface area is 105 Å². The average Bonchev–Trinajstić information content (AvgIpc) is 2.67. The van der Waals surface area contributed by atoms with E-state index in [0.29, 0.717) is 12.5 Å². The summed E-state index contributed by atoms with van der Waals surface area (Å²) < 4.78 is 1.73. The summed E-state index contributed by atoms with van der Waals surface area (Å²) in [6.07, 6.45) is 0. The average molecular weight is 247 g/mol. The van der Waals surface area contributed by atoms with Crippen molar-refractivity contribution < 1.29 is 9.90 Å². The number of nitrogens with zero attached hydrogens (tertiary/aromatic N) is 2. The molecule has 0 aliphatic rings. The van der Waals surface area contributed by atoms with Crippen LogP contribution in [-0.4, -0.2) is 27.2 Å². The van der Waals surface area contributed by atoms with Gasteiger partial charge >= 0.3 is 5.97 Å². The standard InChI is InChI=1S/C13H17N3O2/c1-4-14-12-15-9-7-5-6-8-10(9)16(12)13(2,3)11(17)18/h5-8H,4H2,1-3H3,(H,14,15)(H,17,18). The van der Waals surface area contributed by atoms with Crippen molar-refractivity contribution in [3.63, 3.8) is 0 Å². The lowest BCUT2D eigenvalue weighted by molar-refractivity contribution is -0.145. The fourth-order valence-electron chi connectivity index (χ4n) is 1.96. The first-order valence-electron chi connectivity index (χ1n) is 5.93. The number of aromatic nitrogens is 2. The van der Waals surface area contributed by atoms with E-state index >= 15 is 0 Å². The highest BCUT2D eigenvalue weighted by Crippen LogP contribution is 2.28. The van der Waals surface area contributed by atoms with E-state index in [0.717, 1.165) is 11.0 Å². The maximum Gasteiger partial charge on any atom is 0.329 e. The number of fused-ring (bicyclic) bond motifs is 1. The molecule has 0 aliphatic heterocycles. The maximum absolute atomic E-state index is 11.4. The minimum absolute atomic E-state index is 0.589. The lowest BCUT2D eigenvalue weighted by Gasteiger charge is -2.24. The largest absolute Gasteiger partial charge is 0.480 e. The lowest BCUT2D eigenvalue weighted by Crippen LogP contribution is -2.36. The Bertz CT molecular complexity index is 587. The molecule has 0 unspecified atom stereocenters. The van der Waals surface area contributed by atoms with Gasteiger partial charge in [0, 0.05) is 6.54 Å². The van der Waals surface area contributed by atoms with Crippen molar-refractivity contribution in [1.29, 1.82) is 0 Å². The number of carboxylic acid groups (broad SMARTS) is 1. The van der Waals surface area contributed by atoms with Crippen molar-refractivity contribution in [2.45, 2.75) is 26.3 Å². The van der Waals surface area contributed by atoms with E-state index in [-0.39, 0.29) is 0 Å². The Morgan fingerprint density at radius 1 is 1.44 bits per heavy atom. The highest BCUT2D eigenvalue weighted by molar-refractivity contribution is 5.84. The van der Waals surface area contributed by atoms with Gasteiger partial charge in [-0.1, -0.05) is 12.1 Å². The number of hydrogen-bond donors (Lipinski definition) is 2. The predicted octanol–water partition coefficient (Wildman–Crippen LogP) is 2.29. The molecular formula is C13H17N3O2. The SMILES string of the molecule is CCNc1nc2ccccc2n1C(C)(C)C(=O)O. The Hall–Kier alpha value is -2.04. The number of hydrogen-bond acceptors (Lipinski definition) is 3. The molecule has 1 heterocycles. The Kier molecular flexibility index (Phi) is 2.98. The molecule has 96 valence electrons. The van der Waals surface area contributed by atoms with Gasteiger partial charge in [-0.3, -0.25) is 4.57 Å². The molecule has 5 nitrogen and oxygen atoms in total. The molecule has 0 atom stereocenters. The normalized spacial score (nSPS) is 11.7. The third-order valence-corrected chi connectivity index (χ3v) is 2.98. The first kappa shape index (κ1) is 12.4. The van der Waals surface area contributed by atoms with Crippen molar-refractivity contribution in [3.8, 4) is 0 Å². The van der Waals surface area contributed by atoms with Crippen LogP contribution < -0.4 is 5.32 Å². The third-order valence-electron chi connectivity index (χ3n) is 2.98. The number of rotatable bonds is 4. The van der Waals surface area contributed by atoms with Crippen molar-refractivity contribution in [2.75, 3.05) is 11.9 Å². The van der Waals surface area contributed by atoms with Gasteiger partial charge in [0.15, 0.2) is 0 Å². The first-order chi connectivity index (χ1) is 8.48. The van der Waals surface area contributed by atoms with Gasteiger partial charge in [0.2, 0.25) is 5.95 Å². The van der Waals surface area contributed by atoms with E-state index in [4.69, 9.17) is 0 Å². The molecule has 0 amide bonds. The van der Waals surface area contributed by atoms with Crippen LogP contribution in [-0.2, 0) is 10.3 Å². The molecule has 0 saturated heterocycles. The number of anilines is 1. The van der Waals surface area contributed by atoms with E-state index < -0.39 is 11.5 Å². The summed E-state index contributed by atoms with van der Waals surface area (Å²) in [7, 11) is 0. The van der Waals surface area contributed by atoms with Crippen molar-refractivity contribution in [3.05, 3.63) is 24.3 Å². The Morgan fingerprint density at radius 3 is 2.72 bits per heavy atom. The summed E-state index contributed by atoms with van der Waals surface area (Å²) in [6, 6.07) is 7.54. The summed E-state index contributed by atoms with van der Waals surface area (Å²) in [5.41, 5.74) is 0.566. The summed E-state index contributed by atoms with van der Waals surface area (Å²) in [5.74, 6) is -0.295. The van der Waals surface area contributed by atoms with Crippen molar-refractivity contribution >= 4 is 23.0 Å². The van der Waals surface area contributed by atoms with Crippen LogP contribution in [0.2, 0.25) is 0 Å². The highest BCUT2D eigenvalue weighted by atomic mass is 16.4. The summed E-state index contributed by atoms with van der Waals surface area (Å²) >= 11 is 0. The topological polar surface area (TPSA) is 67.2 Å². The minimum Gasteiger partial charge on any atom is -0.480 e. The van der Waals surface area contributed by atoms with Crippen LogP contribution in [0.4, 0.5) is 5.95 Å². The summed E-state index contributed by atoms with van der Waals surface area (Å²) in [6.45, 7) is 5.99.